The fourth-order valence-corrected chi connectivity index (χ4v) is 1.23. The third-order valence-corrected chi connectivity index (χ3v) is 1.87. The molecule has 0 saturated heterocycles. The van der Waals surface area contributed by atoms with Gasteiger partial charge >= 0.3 is 0 Å². The van der Waals surface area contributed by atoms with Crippen molar-refractivity contribution in [3.05, 3.63) is 47.5 Å². The minimum atomic E-state index is 0.205. The summed E-state index contributed by atoms with van der Waals surface area (Å²) in [6.07, 6.45) is 1.30. The van der Waals surface area contributed by atoms with Gasteiger partial charge in [-0.1, -0.05) is 30.3 Å². The van der Waals surface area contributed by atoms with Crippen molar-refractivity contribution >= 4 is 6.29 Å². The molecule has 0 fully saturated rings. The highest BCUT2D eigenvalue weighted by Gasteiger charge is 2.01. The van der Waals surface area contributed by atoms with Crippen molar-refractivity contribution in [2.75, 3.05) is 7.05 Å². The van der Waals surface area contributed by atoms with Crippen molar-refractivity contribution in [2.45, 2.75) is 6.42 Å². The van der Waals surface area contributed by atoms with Crippen molar-refractivity contribution in [3.63, 3.8) is 0 Å². The normalized spacial score (nSPS) is 9.12. The second-order valence-electron chi connectivity index (χ2n) is 2.92. The van der Waals surface area contributed by atoms with Gasteiger partial charge in [-0.2, -0.15) is 5.10 Å². The molecule has 0 atom stereocenters. The molecule has 0 amide bonds. The number of aromatic amines is 1. The van der Waals surface area contributed by atoms with Crippen LogP contribution in [0.3, 0.4) is 0 Å². The van der Waals surface area contributed by atoms with Crippen molar-refractivity contribution in [2.24, 2.45) is 5.73 Å². The van der Waals surface area contributed by atoms with E-state index in [-0.39, 0.29) is 5.82 Å². The van der Waals surface area contributed by atoms with Gasteiger partial charge in [-0.3, -0.25) is 9.89 Å². The van der Waals surface area contributed by atoms with Crippen LogP contribution in [0.4, 0.5) is 0 Å². The molecule has 0 spiro atoms. The number of H-pyrrole nitrogens is 1. The zero-order chi connectivity index (χ0) is 11.8. The molecule has 5 nitrogen and oxygen atoms in total. The van der Waals surface area contributed by atoms with Gasteiger partial charge in [-0.15, -0.1) is 0 Å². The van der Waals surface area contributed by atoms with Crippen LogP contribution in [0, 0.1) is 0 Å². The molecule has 2 aromatic rings. The minimum absolute atomic E-state index is 0.205. The number of hydrogen-bond donors (Lipinski definition) is 2. The molecule has 1 heterocycles. The molecule has 16 heavy (non-hydrogen) atoms. The fourth-order valence-electron chi connectivity index (χ4n) is 1.23. The Hall–Kier alpha value is -2.01. The zero-order valence-corrected chi connectivity index (χ0v) is 9.05. The number of aromatic nitrogens is 3. The van der Waals surface area contributed by atoms with Crippen LogP contribution in [-0.2, 0) is 6.42 Å². The Bertz CT molecular complexity index is 425. The summed E-state index contributed by atoms with van der Waals surface area (Å²) < 4.78 is 0. The Morgan fingerprint density at radius 1 is 1.31 bits per heavy atom. The van der Waals surface area contributed by atoms with Crippen molar-refractivity contribution < 1.29 is 4.79 Å². The second kappa shape index (κ2) is 6.47. The third kappa shape index (κ3) is 3.29. The first-order chi connectivity index (χ1) is 7.88. The SMILES string of the molecule is CN.O=Cc1n[nH]c(Cc2ccccc2)n1. The van der Waals surface area contributed by atoms with E-state index in [2.05, 4.69) is 20.9 Å². The Morgan fingerprint density at radius 2 is 2.00 bits per heavy atom. The summed E-state index contributed by atoms with van der Waals surface area (Å²) in [5.41, 5.74) is 5.64. The van der Waals surface area contributed by atoms with Crippen LogP contribution >= 0.6 is 0 Å². The van der Waals surface area contributed by atoms with Gasteiger partial charge in [0.25, 0.3) is 0 Å². The lowest BCUT2D eigenvalue weighted by Gasteiger charge is -1.95. The van der Waals surface area contributed by atoms with Gasteiger partial charge < -0.3 is 5.73 Å². The highest BCUT2D eigenvalue weighted by Crippen LogP contribution is 2.04. The predicted octanol–water partition coefficient (Wildman–Crippen LogP) is 0.783. The Morgan fingerprint density at radius 3 is 2.56 bits per heavy atom. The lowest BCUT2D eigenvalue weighted by atomic mass is 10.1. The first kappa shape index (κ1) is 12.1. The van der Waals surface area contributed by atoms with Gasteiger partial charge in [0.1, 0.15) is 5.82 Å². The summed E-state index contributed by atoms with van der Waals surface area (Å²) >= 11 is 0. The van der Waals surface area contributed by atoms with Crippen LogP contribution < -0.4 is 5.73 Å². The van der Waals surface area contributed by atoms with Crippen molar-refractivity contribution in [3.8, 4) is 0 Å². The molecule has 3 N–H and O–H groups in total. The summed E-state index contributed by atoms with van der Waals surface area (Å²) in [6, 6.07) is 9.89. The molecule has 1 aromatic carbocycles. The molecule has 0 radical (unpaired) electrons. The molecular weight excluding hydrogens is 204 g/mol. The standard InChI is InChI=1S/C10H9N3O.CH5N/c14-7-10-11-9(12-13-10)6-8-4-2-1-3-5-8;1-2/h1-5,7H,6H2,(H,11,12,13);2H2,1H3. The number of aldehydes is 1. The maximum absolute atomic E-state index is 10.3. The third-order valence-electron chi connectivity index (χ3n) is 1.87. The van der Waals surface area contributed by atoms with Gasteiger partial charge in [0.2, 0.25) is 5.82 Å². The van der Waals surface area contributed by atoms with Gasteiger partial charge in [-0.05, 0) is 12.6 Å². The van der Waals surface area contributed by atoms with Crippen molar-refractivity contribution in [1.82, 2.24) is 15.2 Å². The van der Waals surface area contributed by atoms with Crippen LogP contribution in [0.15, 0.2) is 30.3 Å². The van der Waals surface area contributed by atoms with Gasteiger partial charge in [0.15, 0.2) is 6.29 Å². The lowest BCUT2D eigenvalue weighted by molar-refractivity contribution is 0.111. The zero-order valence-electron chi connectivity index (χ0n) is 9.05. The molecule has 84 valence electrons. The minimum Gasteiger partial charge on any atom is -0.333 e. The monoisotopic (exact) mass is 218 g/mol. The number of rotatable bonds is 3. The Balaban J connectivity index is 0.000000606. The molecule has 0 saturated carbocycles. The maximum Gasteiger partial charge on any atom is 0.214 e. The molecule has 1 aromatic heterocycles. The van der Waals surface area contributed by atoms with Crippen LogP contribution in [0.1, 0.15) is 22.0 Å². The molecule has 0 unspecified atom stereocenters. The molecule has 2 rings (SSSR count). The van der Waals surface area contributed by atoms with Crippen LogP contribution in [0.5, 0.6) is 0 Å². The number of hydrogen-bond acceptors (Lipinski definition) is 4. The summed E-state index contributed by atoms with van der Waals surface area (Å²) in [5.74, 6) is 0.911. The molecule has 5 heteroatoms. The largest absolute Gasteiger partial charge is 0.333 e. The molecule has 0 aliphatic carbocycles. The molecule has 0 bridgehead atoms. The van der Waals surface area contributed by atoms with E-state index in [1.807, 2.05) is 30.3 Å². The fraction of sp³-hybridized carbons (Fsp3) is 0.182. The number of carbonyl (C=O) groups is 1. The number of nitrogens with zero attached hydrogens (tertiary/aromatic N) is 2. The molecule has 0 aliphatic heterocycles. The highest BCUT2D eigenvalue weighted by molar-refractivity contribution is 5.68. The lowest BCUT2D eigenvalue weighted by Crippen LogP contribution is -1.90. The maximum atomic E-state index is 10.3. The van der Waals surface area contributed by atoms with E-state index in [4.69, 9.17) is 0 Å². The van der Waals surface area contributed by atoms with E-state index < -0.39 is 0 Å². The van der Waals surface area contributed by atoms with Gasteiger partial charge in [-0.25, -0.2) is 4.98 Å². The number of benzene rings is 1. The first-order valence-electron chi connectivity index (χ1n) is 4.86. The highest BCUT2D eigenvalue weighted by atomic mass is 16.1. The molecule has 0 aliphatic rings. The van der Waals surface area contributed by atoms with E-state index in [0.29, 0.717) is 18.5 Å². The number of carbonyl (C=O) groups excluding carboxylic acids is 1. The number of nitrogens with one attached hydrogen (secondary N) is 1. The molecular formula is C11H14N4O. The van der Waals surface area contributed by atoms with Gasteiger partial charge in [0.05, 0.1) is 0 Å². The average molecular weight is 218 g/mol. The van der Waals surface area contributed by atoms with E-state index in [1.165, 1.54) is 7.05 Å². The van der Waals surface area contributed by atoms with E-state index in [1.54, 1.807) is 0 Å². The summed E-state index contributed by atoms with van der Waals surface area (Å²) in [7, 11) is 1.50. The van der Waals surface area contributed by atoms with Gasteiger partial charge in [0, 0.05) is 6.42 Å². The number of nitrogens with two attached hydrogens (primary N) is 1. The quantitative estimate of drug-likeness (QED) is 0.746. The second-order valence-corrected chi connectivity index (χ2v) is 2.92. The van der Waals surface area contributed by atoms with Crippen LogP contribution in [0.2, 0.25) is 0 Å². The summed E-state index contributed by atoms with van der Waals surface area (Å²) in [6.45, 7) is 0. The van der Waals surface area contributed by atoms with Crippen LogP contribution in [0.25, 0.3) is 0 Å². The summed E-state index contributed by atoms with van der Waals surface area (Å²) in [5, 5.41) is 6.44. The first-order valence-corrected chi connectivity index (χ1v) is 4.86. The topological polar surface area (TPSA) is 84.7 Å². The van der Waals surface area contributed by atoms with Crippen molar-refractivity contribution in [1.29, 1.82) is 0 Å². The van der Waals surface area contributed by atoms with E-state index in [9.17, 15) is 4.79 Å². The van der Waals surface area contributed by atoms with E-state index >= 15 is 0 Å². The smallest absolute Gasteiger partial charge is 0.214 e. The predicted molar refractivity (Wildman–Crippen MR) is 61.1 cm³/mol. The Labute approximate surface area is 93.7 Å². The average Bonchev–Trinajstić information content (AvgIpc) is 2.81. The van der Waals surface area contributed by atoms with E-state index in [0.717, 1.165) is 5.56 Å². The summed E-state index contributed by atoms with van der Waals surface area (Å²) in [4.78, 5) is 14.3. The van der Waals surface area contributed by atoms with Crippen LogP contribution in [-0.4, -0.2) is 28.5 Å². The Kier molecular flexibility index (Phi) is 4.88.